The molecule has 0 aliphatic rings. The van der Waals surface area contributed by atoms with Gasteiger partial charge in [0, 0.05) is 23.3 Å². The van der Waals surface area contributed by atoms with E-state index in [0.29, 0.717) is 5.69 Å². The molecule has 0 saturated carbocycles. The Hall–Kier alpha value is -3.34. The third kappa shape index (κ3) is 1.67. The van der Waals surface area contributed by atoms with Crippen molar-refractivity contribution < 1.29 is 4.98 Å². The van der Waals surface area contributed by atoms with Crippen molar-refractivity contribution in [1.82, 2.24) is 15.0 Å². The van der Waals surface area contributed by atoms with E-state index in [4.69, 9.17) is 15.7 Å². The molecule has 23 heavy (non-hydrogen) atoms. The number of nitrogen functional groups attached to an aromatic ring is 1. The van der Waals surface area contributed by atoms with E-state index >= 15 is 0 Å². The fourth-order valence-corrected chi connectivity index (χ4v) is 3.07. The third-order valence-corrected chi connectivity index (χ3v) is 4.10. The van der Waals surface area contributed by atoms with Crippen molar-refractivity contribution in [2.45, 2.75) is 0 Å². The maximum absolute atomic E-state index is 5.89. The van der Waals surface area contributed by atoms with Crippen LogP contribution in [0.25, 0.3) is 43.9 Å². The molecular formula is C18H12N5+. The average molecular weight is 298 g/mol. The third-order valence-electron chi connectivity index (χ3n) is 4.10. The van der Waals surface area contributed by atoms with Crippen molar-refractivity contribution in [2.75, 3.05) is 5.73 Å². The van der Waals surface area contributed by atoms with Crippen LogP contribution in [0.15, 0.2) is 54.9 Å². The standard InChI is InChI=1S/C18H11N5/c19-10-5-6-13-14(9-10)23-18-12-4-2-8-21-16(12)15-11(17(18)22-13)3-1-7-20-15/h1-9H,19H2/p+1. The van der Waals surface area contributed by atoms with Crippen LogP contribution in [-0.4, -0.2) is 15.0 Å². The Labute approximate surface area is 130 Å². The number of hydrogen-bond donors (Lipinski definition) is 1. The second-order valence-electron chi connectivity index (χ2n) is 5.53. The van der Waals surface area contributed by atoms with Crippen molar-refractivity contribution in [3.8, 4) is 0 Å². The van der Waals surface area contributed by atoms with E-state index < -0.39 is 0 Å². The molecule has 3 N–H and O–H groups in total. The summed E-state index contributed by atoms with van der Waals surface area (Å²) >= 11 is 0. The van der Waals surface area contributed by atoms with Crippen molar-refractivity contribution in [1.29, 1.82) is 0 Å². The minimum absolute atomic E-state index is 0.683. The van der Waals surface area contributed by atoms with E-state index in [0.717, 1.165) is 43.9 Å². The van der Waals surface area contributed by atoms with Crippen LogP contribution in [0.1, 0.15) is 0 Å². The van der Waals surface area contributed by atoms with E-state index in [1.165, 1.54) is 0 Å². The molecule has 0 saturated heterocycles. The van der Waals surface area contributed by atoms with Crippen LogP contribution >= 0.6 is 0 Å². The molecule has 3 aromatic heterocycles. The first kappa shape index (κ1) is 12.2. The number of fused-ring (bicyclic) bond motifs is 7. The Morgan fingerprint density at radius 3 is 2.61 bits per heavy atom. The fourth-order valence-electron chi connectivity index (χ4n) is 3.07. The lowest BCUT2D eigenvalue weighted by Crippen LogP contribution is -2.04. The number of benzene rings is 2. The molecule has 0 radical (unpaired) electrons. The van der Waals surface area contributed by atoms with Crippen LogP contribution in [0.2, 0.25) is 0 Å². The molecule has 5 heteroatoms. The Balaban J connectivity index is 2.14. The number of rotatable bonds is 0. The van der Waals surface area contributed by atoms with Crippen LogP contribution in [0.3, 0.4) is 0 Å². The highest BCUT2D eigenvalue weighted by Crippen LogP contribution is 2.30. The second kappa shape index (κ2) is 4.33. The highest BCUT2D eigenvalue weighted by Gasteiger charge is 2.16. The molecule has 5 aromatic rings. The molecular weight excluding hydrogens is 286 g/mol. The van der Waals surface area contributed by atoms with E-state index in [1.54, 1.807) is 6.20 Å². The van der Waals surface area contributed by atoms with Gasteiger partial charge in [-0.3, -0.25) is 0 Å². The van der Waals surface area contributed by atoms with Crippen LogP contribution in [-0.2, 0) is 0 Å². The van der Waals surface area contributed by atoms with Gasteiger partial charge in [-0.05, 0) is 36.4 Å². The molecule has 0 aliphatic heterocycles. The molecule has 5 nitrogen and oxygen atoms in total. The van der Waals surface area contributed by atoms with E-state index in [-0.39, 0.29) is 0 Å². The quantitative estimate of drug-likeness (QED) is 0.271. The number of hydrogen-bond acceptors (Lipinski definition) is 4. The predicted molar refractivity (Wildman–Crippen MR) is 90.8 cm³/mol. The number of aromatic nitrogens is 4. The van der Waals surface area contributed by atoms with E-state index in [1.807, 2.05) is 48.7 Å². The highest BCUT2D eigenvalue weighted by molar-refractivity contribution is 6.20. The van der Waals surface area contributed by atoms with Crippen LogP contribution < -0.4 is 10.7 Å². The molecule has 5 rings (SSSR count). The number of nitrogens with two attached hydrogens (primary N) is 1. The Morgan fingerprint density at radius 2 is 1.65 bits per heavy atom. The summed E-state index contributed by atoms with van der Waals surface area (Å²) in [5, 5.41) is 1.99. The van der Waals surface area contributed by atoms with Gasteiger partial charge in [-0.15, -0.1) is 0 Å². The lowest BCUT2D eigenvalue weighted by molar-refractivity contribution is -0.343. The smallest absolute Gasteiger partial charge is 0.239 e. The summed E-state index contributed by atoms with van der Waals surface area (Å²) in [4.78, 5) is 17.5. The van der Waals surface area contributed by atoms with E-state index in [9.17, 15) is 0 Å². The number of pyridine rings is 2. The molecule has 0 fully saturated rings. The monoisotopic (exact) mass is 298 g/mol. The summed E-state index contributed by atoms with van der Waals surface area (Å²) in [6.07, 6.45) is 3.69. The molecule has 108 valence electrons. The molecule has 3 heterocycles. The molecule has 0 aliphatic carbocycles. The summed E-state index contributed by atoms with van der Waals surface area (Å²) in [6.45, 7) is 0. The van der Waals surface area contributed by atoms with Gasteiger partial charge >= 0.3 is 0 Å². The fraction of sp³-hybridized carbons (Fsp3) is 0. The van der Waals surface area contributed by atoms with Gasteiger partial charge < -0.3 is 5.73 Å². The normalized spacial score (nSPS) is 11.7. The van der Waals surface area contributed by atoms with Gasteiger partial charge in [-0.25, -0.2) is 19.9 Å². The van der Waals surface area contributed by atoms with Crippen LogP contribution in [0, 0.1) is 0 Å². The lowest BCUT2D eigenvalue weighted by Gasteiger charge is -2.06. The molecule has 0 spiro atoms. The van der Waals surface area contributed by atoms with Crippen molar-refractivity contribution in [3.63, 3.8) is 0 Å². The molecule has 0 atom stereocenters. The summed E-state index contributed by atoms with van der Waals surface area (Å²) in [7, 11) is 0. The lowest BCUT2D eigenvalue weighted by atomic mass is 10.1. The first-order valence-electron chi connectivity index (χ1n) is 7.35. The number of anilines is 1. The zero-order valence-electron chi connectivity index (χ0n) is 12.1. The van der Waals surface area contributed by atoms with Crippen molar-refractivity contribution in [3.05, 3.63) is 54.9 Å². The number of aromatic amines is 1. The van der Waals surface area contributed by atoms with E-state index in [2.05, 4.69) is 9.97 Å². The number of H-pyrrole nitrogens is 1. The predicted octanol–water partition coefficient (Wildman–Crippen LogP) is 2.88. The number of nitrogens with zero attached hydrogens (tertiary/aromatic N) is 3. The summed E-state index contributed by atoms with van der Waals surface area (Å²) < 4.78 is 0. The second-order valence-corrected chi connectivity index (χ2v) is 5.53. The minimum atomic E-state index is 0.683. The first-order valence-corrected chi connectivity index (χ1v) is 7.35. The van der Waals surface area contributed by atoms with Crippen molar-refractivity contribution >= 4 is 49.6 Å². The van der Waals surface area contributed by atoms with Gasteiger partial charge in [0.1, 0.15) is 11.0 Å². The SMILES string of the molecule is Nc1ccc2nc3c4ccc[nH+]c4c4ncccc4c3nc2c1. The summed E-state index contributed by atoms with van der Waals surface area (Å²) in [5.74, 6) is 0. The van der Waals surface area contributed by atoms with Crippen molar-refractivity contribution in [2.24, 2.45) is 0 Å². The molecule has 0 amide bonds. The van der Waals surface area contributed by atoms with Gasteiger partial charge in [-0.1, -0.05) is 0 Å². The summed E-state index contributed by atoms with van der Waals surface area (Å²) in [6, 6.07) is 13.6. The van der Waals surface area contributed by atoms with Gasteiger partial charge in [0.15, 0.2) is 6.20 Å². The van der Waals surface area contributed by atoms with Gasteiger partial charge in [0.2, 0.25) is 5.52 Å². The van der Waals surface area contributed by atoms with Gasteiger partial charge in [0.05, 0.1) is 21.9 Å². The topological polar surface area (TPSA) is 78.8 Å². The van der Waals surface area contributed by atoms with Crippen LogP contribution in [0.5, 0.6) is 0 Å². The zero-order valence-corrected chi connectivity index (χ0v) is 12.1. The Bertz CT molecular complexity index is 1230. The molecule has 0 bridgehead atoms. The minimum Gasteiger partial charge on any atom is -0.399 e. The number of nitrogens with one attached hydrogen (secondary N) is 1. The zero-order chi connectivity index (χ0) is 15.4. The highest BCUT2D eigenvalue weighted by atomic mass is 14.8. The maximum atomic E-state index is 5.89. The maximum Gasteiger partial charge on any atom is 0.239 e. The molecule has 2 aromatic carbocycles. The van der Waals surface area contributed by atoms with Gasteiger partial charge in [-0.2, -0.15) is 0 Å². The Morgan fingerprint density at radius 1 is 0.826 bits per heavy atom. The van der Waals surface area contributed by atoms with Crippen LogP contribution in [0.4, 0.5) is 5.69 Å². The Kier molecular flexibility index (Phi) is 2.30. The first-order chi connectivity index (χ1) is 11.3. The molecule has 0 unspecified atom stereocenters. The van der Waals surface area contributed by atoms with Gasteiger partial charge in [0.25, 0.3) is 0 Å². The largest absolute Gasteiger partial charge is 0.399 e. The summed E-state index contributed by atoms with van der Waals surface area (Å²) in [5.41, 5.74) is 11.8. The average Bonchev–Trinajstić information content (AvgIpc) is 2.60.